The molecule has 0 aliphatic carbocycles. The molecule has 5 nitrogen and oxygen atoms in total. The number of thioether (sulfide) groups is 1. The molecule has 0 unspecified atom stereocenters. The van der Waals surface area contributed by atoms with Gasteiger partial charge in [-0.05, 0) is 48.4 Å². The molecule has 0 spiro atoms. The van der Waals surface area contributed by atoms with E-state index in [4.69, 9.17) is 25.5 Å². The summed E-state index contributed by atoms with van der Waals surface area (Å²) in [4.78, 5) is 12.3. The van der Waals surface area contributed by atoms with Crippen molar-refractivity contribution in [2.75, 3.05) is 20.8 Å². The molecule has 1 amide bonds. The Labute approximate surface area is 189 Å². The van der Waals surface area contributed by atoms with Crippen LogP contribution in [0.3, 0.4) is 0 Å². The zero-order valence-electron chi connectivity index (χ0n) is 17.2. The lowest BCUT2D eigenvalue weighted by atomic mass is 10.1. The van der Waals surface area contributed by atoms with Crippen LogP contribution in [0.25, 0.3) is 0 Å². The van der Waals surface area contributed by atoms with Crippen LogP contribution in [0, 0.1) is 5.82 Å². The summed E-state index contributed by atoms with van der Waals surface area (Å²) in [5.74, 6) is 2.50. The predicted octanol–water partition coefficient (Wildman–Crippen LogP) is 5.50. The summed E-state index contributed by atoms with van der Waals surface area (Å²) < 4.78 is 30.0. The fourth-order valence-corrected chi connectivity index (χ4v) is 4.21. The number of benzene rings is 2. The van der Waals surface area contributed by atoms with Crippen molar-refractivity contribution in [2.45, 2.75) is 17.9 Å². The SMILES string of the molecule is COc1ccc(CCNC(=O)c2ccc(CSCc3c(F)cccc3Cl)o2)cc1OC. The highest BCUT2D eigenvalue weighted by Crippen LogP contribution is 2.28. The third-order valence-corrected chi connectivity index (χ3v) is 5.92. The van der Waals surface area contributed by atoms with Crippen molar-refractivity contribution in [2.24, 2.45) is 0 Å². The molecular formula is C23H23ClFNO4S. The number of nitrogens with one attached hydrogen (secondary N) is 1. The Morgan fingerprint density at radius 1 is 1.10 bits per heavy atom. The van der Waals surface area contributed by atoms with E-state index in [1.807, 2.05) is 18.2 Å². The van der Waals surface area contributed by atoms with Gasteiger partial charge in [0.1, 0.15) is 11.6 Å². The van der Waals surface area contributed by atoms with Gasteiger partial charge in [0.15, 0.2) is 17.3 Å². The topological polar surface area (TPSA) is 60.7 Å². The van der Waals surface area contributed by atoms with Gasteiger partial charge in [-0.25, -0.2) is 4.39 Å². The first kappa shape index (κ1) is 23.0. The molecule has 8 heteroatoms. The maximum atomic E-state index is 13.8. The van der Waals surface area contributed by atoms with Crippen molar-refractivity contribution in [3.8, 4) is 11.5 Å². The first-order valence-electron chi connectivity index (χ1n) is 9.60. The normalized spacial score (nSPS) is 10.7. The van der Waals surface area contributed by atoms with Crippen LogP contribution in [0.15, 0.2) is 52.9 Å². The first-order valence-corrected chi connectivity index (χ1v) is 11.1. The number of carbonyl (C=O) groups is 1. The average Bonchev–Trinajstić information content (AvgIpc) is 3.24. The number of amides is 1. The van der Waals surface area contributed by atoms with E-state index in [2.05, 4.69) is 5.32 Å². The number of carbonyl (C=O) groups excluding carboxylic acids is 1. The number of hydrogen-bond donors (Lipinski definition) is 1. The lowest BCUT2D eigenvalue weighted by Crippen LogP contribution is -2.25. The summed E-state index contributed by atoms with van der Waals surface area (Å²) in [6, 6.07) is 13.7. The number of methoxy groups -OCH3 is 2. The second-order valence-corrected chi connectivity index (χ2v) is 8.05. The molecule has 0 atom stereocenters. The minimum absolute atomic E-state index is 0.242. The second kappa shape index (κ2) is 11.1. The molecule has 3 rings (SSSR count). The molecule has 164 valence electrons. The van der Waals surface area contributed by atoms with Gasteiger partial charge in [0, 0.05) is 22.9 Å². The lowest BCUT2D eigenvalue weighted by molar-refractivity contribution is 0.0925. The highest BCUT2D eigenvalue weighted by molar-refractivity contribution is 7.97. The van der Waals surface area contributed by atoms with Gasteiger partial charge in [0.2, 0.25) is 0 Å². The standard InChI is InChI=1S/C23H23ClFNO4S/c1-28-20-8-6-15(12-22(20)29-2)10-11-26-23(27)21-9-7-16(30-21)13-31-14-17-18(24)4-3-5-19(17)25/h3-9,12H,10-11,13-14H2,1-2H3,(H,26,27). The number of furan rings is 1. The highest BCUT2D eigenvalue weighted by Gasteiger charge is 2.12. The third kappa shape index (κ3) is 6.18. The van der Waals surface area contributed by atoms with Gasteiger partial charge in [-0.3, -0.25) is 4.79 Å². The maximum Gasteiger partial charge on any atom is 0.287 e. The van der Waals surface area contributed by atoms with Crippen molar-refractivity contribution < 1.29 is 23.1 Å². The monoisotopic (exact) mass is 463 g/mol. The molecule has 0 aliphatic heterocycles. The van der Waals surface area contributed by atoms with Crippen LogP contribution in [0.2, 0.25) is 5.02 Å². The molecule has 0 bridgehead atoms. The van der Waals surface area contributed by atoms with E-state index < -0.39 is 0 Å². The summed E-state index contributed by atoms with van der Waals surface area (Å²) >= 11 is 7.50. The quantitative estimate of drug-likeness (QED) is 0.430. The molecule has 1 aromatic heterocycles. The van der Waals surface area contributed by atoms with E-state index in [0.29, 0.717) is 52.3 Å². The molecule has 0 fully saturated rings. The summed E-state index contributed by atoms with van der Waals surface area (Å²) in [7, 11) is 3.17. The van der Waals surface area contributed by atoms with Crippen molar-refractivity contribution in [1.82, 2.24) is 5.32 Å². The summed E-state index contributed by atoms with van der Waals surface area (Å²) in [6.07, 6.45) is 0.638. The summed E-state index contributed by atoms with van der Waals surface area (Å²) in [6.45, 7) is 0.449. The Morgan fingerprint density at radius 2 is 1.90 bits per heavy atom. The van der Waals surface area contributed by atoms with E-state index in [-0.39, 0.29) is 17.5 Å². The van der Waals surface area contributed by atoms with Crippen LogP contribution in [0.1, 0.15) is 27.4 Å². The second-order valence-electron chi connectivity index (χ2n) is 6.65. The van der Waals surface area contributed by atoms with Gasteiger partial charge in [-0.2, -0.15) is 0 Å². The van der Waals surface area contributed by atoms with E-state index in [0.717, 1.165) is 5.56 Å². The fraction of sp³-hybridized carbons (Fsp3) is 0.261. The molecule has 0 saturated heterocycles. The molecule has 3 aromatic rings. The van der Waals surface area contributed by atoms with Crippen LogP contribution in [0.5, 0.6) is 11.5 Å². The maximum absolute atomic E-state index is 13.8. The zero-order valence-corrected chi connectivity index (χ0v) is 18.8. The number of ether oxygens (including phenoxy) is 2. The highest BCUT2D eigenvalue weighted by atomic mass is 35.5. The Hall–Kier alpha value is -2.64. The predicted molar refractivity (Wildman–Crippen MR) is 121 cm³/mol. The van der Waals surface area contributed by atoms with Gasteiger partial charge < -0.3 is 19.2 Å². The molecule has 1 N–H and O–H groups in total. The number of rotatable bonds is 10. The van der Waals surface area contributed by atoms with Crippen molar-refractivity contribution >= 4 is 29.3 Å². The molecule has 1 heterocycles. The van der Waals surface area contributed by atoms with E-state index >= 15 is 0 Å². The molecule has 0 aliphatic rings. The number of halogens is 2. The lowest BCUT2D eigenvalue weighted by Gasteiger charge is -2.09. The van der Waals surface area contributed by atoms with Crippen molar-refractivity contribution in [3.05, 3.63) is 82.0 Å². The minimum atomic E-state index is -0.325. The zero-order chi connectivity index (χ0) is 22.2. The van der Waals surface area contributed by atoms with Crippen LogP contribution in [-0.2, 0) is 17.9 Å². The van der Waals surface area contributed by atoms with Crippen LogP contribution >= 0.6 is 23.4 Å². The van der Waals surface area contributed by atoms with Gasteiger partial charge in [0.25, 0.3) is 5.91 Å². The first-order chi connectivity index (χ1) is 15.0. The Bertz CT molecular complexity index is 1020. The largest absolute Gasteiger partial charge is 0.493 e. The third-order valence-electron chi connectivity index (χ3n) is 4.59. The molecular weight excluding hydrogens is 441 g/mol. The van der Waals surface area contributed by atoms with Crippen LogP contribution < -0.4 is 14.8 Å². The molecule has 2 aromatic carbocycles. The van der Waals surface area contributed by atoms with Crippen molar-refractivity contribution in [1.29, 1.82) is 0 Å². The minimum Gasteiger partial charge on any atom is -0.493 e. The Kier molecular flexibility index (Phi) is 8.26. The molecule has 0 radical (unpaired) electrons. The van der Waals surface area contributed by atoms with Gasteiger partial charge in [-0.15, -0.1) is 11.8 Å². The van der Waals surface area contributed by atoms with Gasteiger partial charge in [-0.1, -0.05) is 23.7 Å². The van der Waals surface area contributed by atoms with E-state index in [1.165, 1.54) is 17.8 Å². The smallest absolute Gasteiger partial charge is 0.287 e. The van der Waals surface area contributed by atoms with Gasteiger partial charge >= 0.3 is 0 Å². The molecule has 31 heavy (non-hydrogen) atoms. The average molecular weight is 464 g/mol. The fourth-order valence-electron chi connectivity index (χ4n) is 2.95. The Morgan fingerprint density at radius 3 is 2.65 bits per heavy atom. The van der Waals surface area contributed by atoms with Crippen LogP contribution in [-0.4, -0.2) is 26.7 Å². The van der Waals surface area contributed by atoms with E-state index in [1.54, 1.807) is 38.5 Å². The number of hydrogen-bond acceptors (Lipinski definition) is 5. The van der Waals surface area contributed by atoms with Gasteiger partial charge in [0.05, 0.1) is 20.0 Å². The van der Waals surface area contributed by atoms with E-state index in [9.17, 15) is 9.18 Å². The Balaban J connectivity index is 1.47. The summed E-state index contributed by atoms with van der Waals surface area (Å²) in [5.41, 5.74) is 1.48. The summed E-state index contributed by atoms with van der Waals surface area (Å²) in [5, 5.41) is 3.25. The van der Waals surface area contributed by atoms with Crippen molar-refractivity contribution in [3.63, 3.8) is 0 Å². The molecule has 0 saturated carbocycles. The van der Waals surface area contributed by atoms with Crippen LogP contribution in [0.4, 0.5) is 4.39 Å².